The Morgan fingerprint density at radius 3 is 2.67 bits per heavy atom. The number of thioether (sulfide) groups is 1. The Morgan fingerprint density at radius 2 is 1.93 bits per heavy atom. The molecule has 2 heterocycles. The number of primary amides is 1. The van der Waals surface area contributed by atoms with Crippen molar-refractivity contribution in [3.63, 3.8) is 0 Å². The van der Waals surface area contributed by atoms with Crippen LogP contribution in [0.25, 0.3) is 27.8 Å². The van der Waals surface area contributed by atoms with Crippen molar-refractivity contribution < 1.29 is 4.79 Å². The molecule has 2 aromatic heterocycles. The summed E-state index contributed by atoms with van der Waals surface area (Å²) in [5, 5.41) is 5.61. The average molecular weight is 442 g/mol. The highest BCUT2D eigenvalue weighted by atomic mass is 79.9. The van der Waals surface area contributed by atoms with Gasteiger partial charge in [0.15, 0.2) is 16.5 Å². The van der Waals surface area contributed by atoms with Gasteiger partial charge in [0.1, 0.15) is 0 Å². The molecule has 0 aliphatic rings. The lowest BCUT2D eigenvalue weighted by Gasteiger charge is -2.10. The maximum atomic E-state index is 12.6. The van der Waals surface area contributed by atoms with Gasteiger partial charge in [-0.3, -0.25) is 9.59 Å². The number of rotatable bonds is 4. The average Bonchev–Trinajstić information content (AvgIpc) is 2.66. The van der Waals surface area contributed by atoms with E-state index < -0.39 is 11.5 Å². The lowest BCUT2D eigenvalue weighted by atomic mass is 10.2. The molecule has 9 heteroatoms. The molecule has 0 aliphatic carbocycles. The highest BCUT2D eigenvalue weighted by molar-refractivity contribution is 9.10. The summed E-state index contributed by atoms with van der Waals surface area (Å²) < 4.78 is 2.32. The molecule has 2 aromatic carbocycles. The van der Waals surface area contributed by atoms with E-state index in [-0.39, 0.29) is 11.4 Å². The zero-order valence-corrected chi connectivity index (χ0v) is 16.2. The van der Waals surface area contributed by atoms with Crippen LogP contribution in [-0.2, 0) is 4.79 Å². The maximum Gasteiger partial charge on any atom is 0.300 e. The first kappa shape index (κ1) is 17.6. The normalized spacial score (nSPS) is 11.1. The van der Waals surface area contributed by atoms with Crippen LogP contribution < -0.4 is 11.3 Å². The van der Waals surface area contributed by atoms with Crippen LogP contribution >= 0.6 is 27.7 Å². The topological polar surface area (TPSA) is 103 Å². The van der Waals surface area contributed by atoms with Crippen LogP contribution in [-0.4, -0.2) is 31.2 Å². The first-order valence-electron chi connectivity index (χ1n) is 7.90. The van der Waals surface area contributed by atoms with E-state index >= 15 is 0 Å². The van der Waals surface area contributed by atoms with Gasteiger partial charge in [0.05, 0.1) is 11.3 Å². The van der Waals surface area contributed by atoms with Gasteiger partial charge in [-0.15, -0.1) is 0 Å². The Kier molecular flexibility index (Phi) is 4.63. The van der Waals surface area contributed by atoms with Gasteiger partial charge in [0.2, 0.25) is 5.91 Å². The summed E-state index contributed by atoms with van der Waals surface area (Å²) >= 11 is 4.57. The predicted molar refractivity (Wildman–Crippen MR) is 108 cm³/mol. The van der Waals surface area contributed by atoms with Gasteiger partial charge in [-0.1, -0.05) is 58.0 Å². The number of nitrogens with zero attached hydrogens (tertiary/aromatic N) is 4. The molecule has 134 valence electrons. The van der Waals surface area contributed by atoms with Crippen LogP contribution in [0.2, 0.25) is 0 Å². The van der Waals surface area contributed by atoms with Gasteiger partial charge in [0.25, 0.3) is 5.56 Å². The van der Waals surface area contributed by atoms with Crippen LogP contribution in [0.1, 0.15) is 0 Å². The van der Waals surface area contributed by atoms with Crippen molar-refractivity contribution in [3.8, 4) is 11.3 Å². The van der Waals surface area contributed by atoms with E-state index in [0.29, 0.717) is 27.3 Å². The smallest absolute Gasteiger partial charge is 0.300 e. The minimum atomic E-state index is -0.469. The van der Waals surface area contributed by atoms with E-state index in [1.165, 1.54) is 4.52 Å². The summed E-state index contributed by atoms with van der Waals surface area (Å²) in [5.74, 6) is -0.429. The number of benzene rings is 2. The number of nitrogens with two attached hydrogens (primary N) is 1. The minimum Gasteiger partial charge on any atom is -0.369 e. The fourth-order valence-corrected chi connectivity index (χ4v) is 3.68. The SMILES string of the molecule is NC(=O)CSc1nc2ccc(Br)cc2c2nc(=O)c(-c3ccccc3)nn12. The molecule has 27 heavy (non-hydrogen) atoms. The lowest BCUT2D eigenvalue weighted by molar-refractivity contribution is -0.115. The second kappa shape index (κ2) is 7.09. The summed E-state index contributed by atoms with van der Waals surface area (Å²) in [5.41, 5.74) is 6.73. The summed E-state index contributed by atoms with van der Waals surface area (Å²) in [7, 11) is 0. The molecule has 0 radical (unpaired) electrons. The van der Waals surface area contributed by atoms with E-state index in [9.17, 15) is 9.59 Å². The van der Waals surface area contributed by atoms with Crippen LogP contribution in [0.3, 0.4) is 0 Å². The second-order valence-corrected chi connectivity index (χ2v) is 7.54. The summed E-state index contributed by atoms with van der Waals surface area (Å²) in [4.78, 5) is 32.7. The first-order valence-corrected chi connectivity index (χ1v) is 9.67. The van der Waals surface area contributed by atoms with Crippen LogP contribution in [0.15, 0.2) is 63.0 Å². The molecule has 0 fully saturated rings. The zero-order chi connectivity index (χ0) is 19.0. The van der Waals surface area contributed by atoms with Crippen molar-refractivity contribution in [1.82, 2.24) is 19.6 Å². The first-order chi connectivity index (χ1) is 13.0. The Morgan fingerprint density at radius 1 is 1.15 bits per heavy atom. The van der Waals surface area contributed by atoms with E-state index in [4.69, 9.17) is 5.73 Å². The molecule has 0 aliphatic heterocycles. The molecule has 0 saturated carbocycles. The van der Waals surface area contributed by atoms with Gasteiger partial charge in [0, 0.05) is 15.4 Å². The Labute approximate surface area is 165 Å². The van der Waals surface area contributed by atoms with Crippen LogP contribution in [0.5, 0.6) is 0 Å². The number of halogens is 1. The number of amides is 1. The van der Waals surface area contributed by atoms with Gasteiger partial charge in [-0.25, -0.2) is 4.98 Å². The summed E-state index contributed by atoms with van der Waals surface area (Å²) in [6.45, 7) is 0. The predicted octanol–water partition coefficient (Wildman–Crippen LogP) is 2.64. The fraction of sp³-hybridized carbons (Fsp3) is 0.0556. The molecule has 0 spiro atoms. The van der Waals surface area contributed by atoms with E-state index in [0.717, 1.165) is 16.2 Å². The number of carbonyl (C=O) groups is 1. The standard InChI is InChI=1S/C18H12BrN5O2S/c19-11-6-7-13-12(8-11)16-22-17(26)15(10-4-2-1-3-5-10)23-24(16)18(21-13)27-9-14(20)25/h1-8H,9H2,(H2,20,25). The number of hydrogen-bond acceptors (Lipinski definition) is 6. The number of carbonyl (C=O) groups excluding carboxylic acids is 1. The molecular weight excluding hydrogens is 430 g/mol. The van der Waals surface area contributed by atoms with Crippen molar-refractivity contribution in [3.05, 3.63) is 63.4 Å². The number of aromatic nitrogens is 4. The molecule has 2 N–H and O–H groups in total. The van der Waals surface area contributed by atoms with Crippen LogP contribution in [0, 0.1) is 0 Å². The van der Waals surface area contributed by atoms with Crippen molar-refractivity contribution in [2.75, 3.05) is 5.75 Å². The van der Waals surface area contributed by atoms with E-state index in [2.05, 4.69) is 31.0 Å². The Bertz CT molecular complexity index is 1240. The molecular formula is C18H12BrN5O2S. The highest BCUT2D eigenvalue weighted by Crippen LogP contribution is 2.26. The third-order valence-corrected chi connectivity index (χ3v) is 5.24. The van der Waals surface area contributed by atoms with Crippen molar-refractivity contribution >= 4 is 50.1 Å². The molecule has 0 bridgehead atoms. The van der Waals surface area contributed by atoms with Gasteiger partial charge >= 0.3 is 0 Å². The van der Waals surface area contributed by atoms with E-state index in [1.54, 1.807) is 12.1 Å². The number of fused-ring (bicyclic) bond motifs is 3. The monoisotopic (exact) mass is 441 g/mol. The van der Waals surface area contributed by atoms with Gasteiger partial charge in [-0.2, -0.15) is 14.6 Å². The maximum absolute atomic E-state index is 12.6. The highest BCUT2D eigenvalue weighted by Gasteiger charge is 2.16. The minimum absolute atomic E-state index is 0.0403. The third-order valence-electron chi connectivity index (χ3n) is 3.80. The number of hydrogen-bond donors (Lipinski definition) is 1. The molecule has 0 atom stereocenters. The van der Waals surface area contributed by atoms with Crippen molar-refractivity contribution in [2.45, 2.75) is 5.16 Å². The molecule has 0 saturated heterocycles. The third kappa shape index (κ3) is 3.43. The van der Waals surface area contributed by atoms with Gasteiger partial charge < -0.3 is 5.73 Å². The fourth-order valence-electron chi connectivity index (χ4n) is 2.64. The molecule has 0 unspecified atom stereocenters. The lowest BCUT2D eigenvalue weighted by Crippen LogP contribution is -2.19. The van der Waals surface area contributed by atoms with Crippen LogP contribution in [0.4, 0.5) is 0 Å². The molecule has 1 amide bonds. The molecule has 4 rings (SSSR count). The quantitative estimate of drug-likeness (QED) is 0.296. The Balaban J connectivity index is 2.05. The van der Waals surface area contributed by atoms with Crippen molar-refractivity contribution in [2.24, 2.45) is 5.73 Å². The Hall–Kier alpha value is -2.78. The van der Waals surface area contributed by atoms with E-state index in [1.807, 2.05) is 36.4 Å². The largest absolute Gasteiger partial charge is 0.369 e. The zero-order valence-electron chi connectivity index (χ0n) is 13.8. The van der Waals surface area contributed by atoms with Gasteiger partial charge in [-0.05, 0) is 18.2 Å². The second-order valence-electron chi connectivity index (χ2n) is 5.68. The molecule has 7 nitrogen and oxygen atoms in total. The summed E-state index contributed by atoms with van der Waals surface area (Å²) in [6, 6.07) is 14.6. The summed E-state index contributed by atoms with van der Waals surface area (Å²) in [6.07, 6.45) is 0. The van der Waals surface area contributed by atoms with Crippen molar-refractivity contribution in [1.29, 1.82) is 0 Å². The molecule has 4 aromatic rings.